The molecule has 0 spiro atoms. The van der Waals surface area contributed by atoms with Crippen molar-refractivity contribution < 1.29 is 14.2 Å². The zero-order chi connectivity index (χ0) is 15.5. The second kappa shape index (κ2) is 10.1. The monoisotopic (exact) mass is 285 g/mol. The highest BCUT2D eigenvalue weighted by Crippen LogP contribution is 2.43. The molecule has 0 fully saturated rings. The van der Waals surface area contributed by atoms with E-state index in [-0.39, 0.29) is 0 Å². The van der Waals surface area contributed by atoms with Crippen molar-refractivity contribution in [2.45, 2.75) is 71.2 Å². The molecule has 1 unspecified atom stereocenters. The van der Waals surface area contributed by atoms with Crippen molar-refractivity contribution in [2.75, 3.05) is 21.3 Å². The highest BCUT2D eigenvalue weighted by atomic mass is 16.9. The van der Waals surface area contributed by atoms with Gasteiger partial charge in [0, 0.05) is 21.3 Å². The van der Waals surface area contributed by atoms with Crippen molar-refractivity contribution in [3.63, 3.8) is 0 Å². The Bertz CT molecular complexity index is 276. The summed E-state index contributed by atoms with van der Waals surface area (Å²) in [5.74, 6) is -1.28. The van der Waals surface area contributed by atoms with E-state index in [1.165, 1.54) is 47.0 Å². The minimum absolute atomic E-state index is 0.633. The predicted molar refractivity (Wildman–Crippen MR) is 80.1 cm³/mol. The average Bonchev–Trinajstić information content (AvgIpc) is 2.50. The van der Waals surface area contributed by atoms with Gasteiger partial charge in [0.2, 0.25) is 0 Å². The minimum Gasteiger partial charge on any atom is -0.330 e. The smallest absolute Gasteiger partial charge is 0.301 e. The van der Waals surface area contributed by atoms with E-state index in [0.29, 0.717) is 6.42 Å². The van der Waals surface area contributed by atoms with E-state index in [0.717, 1.165) is 19.3 Å². The third kappa shape index (κ3) is 4.44. The summed E-state index contributed by atoms with van der Waals surface area (Å²) < 4.78 is 16.2. The van der Waals surface area contributed by atoms with Crippen molar-refractivity contribution in [1.82, 2.24) is 0 Å². The molecule has 0 saturated heterocycles. The molecule has 0 aromatic carbocycles. The summed E-state index contributed by atoms with van der Waals surface area (Å²) >= 11 is 0. The Morgan fingerprint density at radius 2 is 1.35 bits per heavy atom. The lowest BCUT2D eigenvalue weighted by Crippen LogP contribution is -2.52. The van der Waals surface area contributed by atoms with Crippen molar-refractivity contribution in [2.24, 2.45) is 5.41 Å². The minimum atomic E-state index is -1.28. The molecule has 4 nitrogen and oxygen atoms in total. The van der Waals surface area contributed by atoms with E-state index < -0.39 is 11.4 Å². The van der Waals surface area contributed by atoms with Crippen LogP contribution in [-0.4, -0.2) is 27.3 Å². The van der Waals surface area contributed by atoms with E-state index in [2.05, 4.69) is 13.0 Å². The molecule has 0 bridgehead atoms. The Morgan fingerprint density at radius 3 is 1.75 bits per heavy atom. The molecule has 0 aliphatic carbocycles. The summed E-state index contributed by atoms with van der Waals surface area (Å²) in [4.78, 5) is 0. The summed E-state index contributed by atoms with van der Waals surface area (Å²) in [5, 5.41) is 9.66. The fourth-order valence-electron chi connectivity index (χ4n) is 2.79. The molecule has 0 heterocycles. The highest BCUT2D eigenvalue weighted by molar-refractivity contribution is 5.04. The largest absolute Gasteiger partial charge is 0.330 e. The van der Waals surface area contributed by atoms with Crippen LogP contribution in [0.1, 0.15) is 65.2 Å². The van der Waals surface area contributed by atoms with Crippen molar-refractivity contribution >= 4 is 0 Å². The highest BCUT2D eigenvalue weighted by Gasteiger charge is 2.53. The second-order valence-electron chi connectivity index (χ2n) is 5.23. The summed E-state index contributed by atoms with van der Waals surface area (Å²) in [7, 11) is 4.57. The fraction of sp³-hybridized carbons (Fsp3) is 0.938. The van der Waals surface area contributed by atoms with E-state index in [1.807, 2.05) is 6.92 Å². The topological polar surface area (TPSA) is 51.5 Å². The molecule has 0 radical (unpaired) electrons. The van der Waals surface area contributed by atoms with Crippen LogP contribution >= 0.6 is 0 Å². The lowest BCUT2D eigenvalue weighted by molar-refractivity contribution is -0.397. The maximum Gasteiger partial charge on any atom is 0.301 e. The first kappa shape index (κ1) is 19.4. The number of ether oxygens (including phenoxy) is 3. The second-order valence-corrected chi connectivity index (χ2v) is 5.23. The maximum atomic E-state index is 9.66. The molecular weight excluding hydrogens is 254 g/mol. The number of hydrogen-bond donors (Lipinski definition) is 0. The molecule has 0 saturated carbocycles. The van der Waals surface area contributed by atoms with Crippen LogP contribution in [0.15, 0.2) is 0 Å². The normalized spacial score (nSPS) is 14.8. The fourth-order valence-corrected chi connectivity index (χ4v) is 2.79. The first-order valence-corrected chi connectivity index (χ1v) is 7.68. The zero-order valence-electron chi connectivity index (χ0n) is 13.8. The SMILES string of the molecule is CCCCCCCCC(C#N)(CC)C(OC)(OC)OC. The number of unbranched alkanes of at least 4 members (excludes halogenated alkanes) is 5. The van der Waals surface area contributed by atoms with Crippen LogP contribution < -0.4 is 0 Å². The zero-order valence-corrected chi connectivity index (χ0v) is 13.8. The van der Waals surface area contributed by atoms with Crippen LogP contribution in [0.25, 0.3) is 0 Å². The van der Waals surface area contributed by atoms with E-state index >= 15 is 0 Å². The van der Waals surface area contributed by atoms with Crippen LogP contribution in [0.5, 0.6) is 0 Å². The van der Waals surface area contributed by atoms with Gasteiger partial charge in [-0.05, 0) is 12.8 Å². The van der Waals surface area contributed by atoms with Gasteiger partial charge in [-0.3, -0.25) is 0 Å². The molecule has 0 aliphatic rings. The van der Waals surface area contributed by atoms with Crippen molar-refractivity contribution in [1.29, 1.82) is 5.26 Å². The Kier molecular flexibility index (Phi) is 9.83. The summed E-state index contributed by atoms with van der Waals surface area (Å²) in [6, 6.07) is 2.39. The predicted octanol–water partition coefficient (Wildman–Crippen LogP) is 4.25. The van der Waals surface area contributed by atoms with E-state index in [1.54, 1.807) is 0 Å². The Morgan fingerprint density at radius 1 is 0.850 bits per heavy atom. The van der Waals surface area contributed by atoms with Gasteiger partial charge in [-0.15, -0.1) is 0 Å². The molecule has 1 atom stereocenters. The van der Waals surface area contributed by atoms with E-state index in [9.17, 15) is 5.26 Å². The molecule has 0 aromatic heterocycles. The molecule has 0 N–H and O–H groups in total. The third-order valence-electron chi connectivity index (χ3n) is 4.17. The molecule has 0 aliphatic heterocycles. The molecule has 4 heteroatoms. The van der Waals surface area contributed by atoms with Gasteiger partial charge >= 0.3 is 5.97 Å². The number of nitrogens with zero attached hydrogens (tertiary/aromatic N) is 1. The van der Waals surface area contributed by atoms with Gasteiger partial charge in [-0.1, -0.05) is 52.4 Å². The molecule has 118 valence electrons. The van der Waals surface area contributed by atoms with Crippen LogP contribution in [0.2, 0.25) is 0 Å². The molecule has 0 amide bonds. The Labute approximate surface area is 124 Å². The molecule has 20 heavy (non-hydrogen) atoms. The van der Waals surface area contributed by atoms with Crippen molar-refractivity contribution in [3.8, 4) is 6.07 Å². The van der Waals surface area contributed by atoms with Crippen LogP contribution in [0.4, 0.5) is 0 Å². The quantitative estimate of drug-likeness (QED) is 0.397. The summed E-state index contributed by atoms with van der Waals surface area (Å²) in [6.07, 6.45) is 8.51. The molecule has 0 aromatic rings. The molecule has 0 rings (SSSR count). The number of rotatable bonds is 12. The van der Waals surface area contributed by atoms with Crippen LogP contribution in [-0.2, 0) is 14.2 Å². The number of nitriles is 1. The average molecular weight is 285 g/mol. The number of hydrogen-bond acceptors (Lipinski definition) is 4. The van der Waals surface area contributed by atoms with Gasteiger partial charge in [0.25, 0.3) is 0 Å². The van der Waals surface area contributed by atoms with Gasteiger partial charge in [0.15, 0.2) is 0 Å². The maximum absolute atomic E-state index is 9.66. The standard InChI is InChI=1S/C16H31NO3/c1-6-8-9-10-11-12-13-15(7-2,14-17)16(18-3,19-4)20-5/h6-13H2,1-5H3. The number of methoxy groups -OCH3 is 3. The third-order valence-corrected chi connectivity index (χ3v) is 4.17. The van der Waals surface area contributed by atoms with Crippen LogP contribution in [0, 0.1) is 16.7 Å². The lowest BCUT2D eigenvalue weighted by Gasteiger charge is -2.41. The lowest BCUT2D eigenvalue weighted by atomic mass is 9.78. The summed E-state index contributed by atoms with van der Waals surface area (Å²) in [6.45, 7) is 4.19. The molecular formula is C16H31NO3. The van der Waals surface area contributed by atoms with Gasteiger partial charge in [0.1, 0.15) is 5.41 Å². The van der Waals surface area contributed by atoms with Gasteiger partial charge in [0.05, 0.1) is 6.07 Å². The Hall–Kier alpha value is -0.630. The van der Waals surface area contributed by atoms with Gasteiger partial charge in [-0.2, -0.15) is 5.26 Å². The van der Waals surface area contributed by atoms with Crippen LogP contribution in [0.3, 0.4) is 0 Å². The van der Waals surface area contributed by atoms with Gasteiger partial charge < -0.3 is 14.2 Å². The van der Waals surface area contributed by atoms with Gasteiger partial charge in [-0.25, -0.2) is 0 Å². The van der Waals surface area contributed by atoms with E-state index in [4.69, 9.17) is 14.2 Å². The first-order chi connectivity index (χ1) is 9.61. The Balaban J connectivity index is 4.65. The first-order valence-electron chi connectivity index (χ1n) is 7.68. The summed E-state index contributed by atoms with van der Waals surface area (Å²) in [5.41, 5.74) is -0.768. The van der Waals surface area contributed by atoms with Crippen molar-refractivity contribution in [3.05, 3.63) is 0 Å².